The molecule has 0 spiro atoms. The lowest BCUT2D eigenvalue weighted by Crippen LogP contribution is -2.39. The molecule has 1 aromatic heterocycles. The van der Waals surface area contributed by atoms with Crippen LogP contribution in [0.2, 0.25) is 0 Å². The molecule has 1 amide bonds. The Morgan fingerprint density at radius 1 is 1.29 bits per heavy atom. The number of anilines is 1. The van der Waals surface area contributed by atoms with E-state index in [0.717, 1.165) is 29.7 Å². The zero-order chi connectivity index (χ0) is 19.5. The second-order valence-electron chi connectivity index (χ2n) is 7.75. The maximum atomic E-state index is 12.5. The van der Waals surface area contributed by atoms with Crippen LogP contribution in [0, 0.1) is 5.92 Å². The lowest BCUT2D eigenvalue weighted by atomic mass is 9.98. The molecule has 4 rings (SSSR count). The van der Waals surface area contributed by atoms with Gasteiger partial charge in [0.2, 0.25) is 5.91 Å². The third-order valence-electron chi connectivity index (χ3n) is 5.43. The van der Waals surface area contributed by atoms with E-state index in [9.17, 15) is 4.79 Å². The molecule has 28 heavy (non-hydrogen) atoms. The van der Waals surface area contributed by atoms with Gasteiger partial charge in [0.15, 0.2) is 5.13 Å². The summed E-state index contributed by atoms with van der Waals surface area (Å²) in [5.41, 5.74) is 4.69. The maximum absolute atomic E-state index is 12.5. The summed E-state index contributed by atoms with van der Waals surface area (Å²) in [6.07, 6.45) is 3.41. The fourth-order valence-electron chi connectivity index (χ4n) is 4.04. The molecule has 0 saturated carbocycles. The Balaban J connectivity index is 1.53. The van der Waals surface area contributed by atoms with Crippen molar-refractivity contribution in [3.63, 3.8) is 0 Å². The fourth-order valence-corrected chi connectivity index (χ4v) is 4.97. The van der Waals surface area contributed by atoms with E-state index in [1.165, 1.54) is 29.5 Å². The van der Waals surface area contributed by atoms with Crippen molar-refractivity contribution in [1.82, 2.24) is 9.88 Å². The molecule has 5 heteroatoms. The molecule has 146 valence electrons. The van der Waals surface area contributed by atoms with Gasteiger partial charge in [-0.15, -0.1) is 0 Å². The van der Waals surface area contributed by atoms with Crippen LogP contribution in [0.15, 0.2) is 42.5 Å². The highest BCUT2D eigenvalue weighted by Gasteiger charge is 2.19. The number of rotatable bonds is 5. The van der Waals surface area contributed by atoms with Crippen LogP contribution in [0.4, 0.5) is 5.13 Å². The topological polar surface area (TPSA) is 45.2 Å². The summed E-state index contributed by atoms with van der Waals surface area (Å²) < 4.78 is 1.12. The van der Waals surface area contributed by atoms with Crippen LogP contribution in [0.5, 0.6) is 0 Å². The first-order valence-electron chi connectivity index (χ1n) is 10.1. The van der Waals surface area contributed by atoms with Crippen LogP contribution in [-0.4, -0.2) is 35.4 Å². The standard InChI is InChI=1S/C23H27N3OS/c1-3-17-12-21-20(13-19(17)18-9-5-4-6-10-18)24-23(28-21)25-22(27)15-26-11-7-8-16(2)14-26/h4-6,9-10,12-13,16H,3,7-8,11,14-15H2,1-2H3,(H,24,25,27). The van der Waals surface area contributed by atoms with E-state index in [1.54, 1.807) is 11.3 Å². The molecule has 1 aliphatic heterocycles. The third kappa shape index (κ3) is 4.26. The van der Waals surface area contributed by atoms with Crippen molar-refractivity contribution in [2.75, 3.05) is 25.0 Å². The van der Waals surface area contributed by atoms with E-state index in [1.807, 2.05) is 6.07 Å². The average Bonchev–Trinajstić information content (AvgIpc) is 3.08. The largest absolute Gasteiger partial charge is 0.301 e. The first-order chi connectivity index (χ1) is 13.6. The summed E-state index contributed by atoms with van der Waals surface area (Å²) in [5, 5.41) is 3.71. The van der Waals surface area contributed by atoms with Crippen molar-refractivity contribution < 1.29 is 4.79 Å². The number of benzene rings is 2. The molecular formula is C23H27N3OS. The summed E-state index contributed by atoms with van der Waals surface area (Å²) in [6, 6.07) is 14.8. The first-order valence-corrected chi connectivity index (χ1v) is 10.9. The number of carbonyl (C=O) groups excluding carboxylic acids is 1. The molecule has 1 N–H and O–H groups in total. The molecule has 4 nitrogen and oxygen atoms in total. The third-order valence-corrected chi connectivity index (χ3v) is 6.37. The zero-order valence-corrected chi connectivity index (χ0v) is 17.4. The van der Waals surface area contributed by atoms with Crippen LogP contribution in [-0.2, 0) is 11.2 Å². The van der Waals surface area contributed by atoms with Gasteiger partial charge in [-0.1, -0.05) is 55.5 Å². The average molecular weight is 394 g/mol. The highest BCUT2D eigenvalue weighted by molar-refractivity contribution is 7.22. The van der Waals surface area contributed by atoms with Gasteiger partial charge in [-0.3, -0.25) is 9.69 Å². The van der Waals surface area contributed by atoms with Gasteiger partial charge in [0, 0.05) is 6.54 Å². The highest BCUT2D eigenvalue weighted by atomic mass is 32.1. The molecule has 1 saturated heterocycles. The number of nitrogens with one attached hydrogen (secondary N) is 1. The molecule has 2 heterocycles. The van der Waals surface area contributed by atoms with E-state index in [0.29, 0.717) is 17.6 Å². The second-order valence-corrected chi connectivity index (χ2v) is 8.78. The molecule has 1 unspecified atom stereocenters. The number of aryl methyl sites for hydroxylation is 1. The number of hydrogen-bond acceptors (Lipinski definition) is 4. The number of nitrogens with zero attached hydrogens (tertiary/aromatic N) is 2. The summed E-state index contributed by atoms with van der Waals surface area (Å²) in [7, 11) is 0. The molecule has 3 aromatic rings. The van der Waals surface area contributed by atoms with Crippen LogP contribution < -0.4 is 5.32 Å². The van der Waals surface area contributed by atoms with Gasteiger partial charge in [-0.05, 0) is 60.5 Å². The second kappa shape index (κ2) is 8.41. The van der Waals surface area contributed by atoms with Gasteiger partial charge in [0.05, 0.1) is 16.8 Å². The Hall–Kier alpha value is -2.24. The molecule has 2 aromatic carbocycles. The molecule has 1 aliphatic rings. The van der Waals surface area contributed by atoms with Gasteiger partial charge >= 0.3 is 0 Å². The predicted molar refractivity (Wildman–Crippen MR) is 118 cm³/mol. The van der Waals surface area contributed by atoms with E-state index in [-0.39, 0.29) is 5.91 Å². The number of aromatic nitrogens is 1. The number of amides is 1. The van der Waals surface area contributed by atoms with E-state index in [4.69, 9.17) is 4.98 Å². The van der Waals surface area contributed by atoms with Crippen molar-refractivity contribution in [2.24, 2.45) is 5.92 Å². The van der Waals surface area contributed by atoms with Gasteiger partial charge in [0.1, 0.15) is 0 Å². The molecule has 0 radical (unpaired) electrons. The van der Waals surface area contributed by atoms with E-state index >= 15 is 0 Å². The number of thiazole rings is 1. The molecular weight excluding hydrogens is 366 g/mol. The summed E-state index contributed by atoms with van der Waals surface area (Å²) >= 11 is 1.56. The van der Waals surface area contributed by atoms with Crippen molar-refractivity contribution in [1.29, 1.82) is 0 Å². The Morgan fingerprint density at radius 2 is 2.11 bits per heavy atom. The van der Waals surface area contributed by atoms with E-state index in [2.05, 4.69) is 60.5 Å². The van der Waals surface area contributed by atoms with E-state index < -0.39 is 0 Å². The lowest BCUT2D eigenvalue weighted by Gasteiger charge is -2.29. The fraction of sp³-hybridized carbons (Fsp3) is 0.391. The summed E-state index contributed by atoms with van der Waals surface area (Å²) in [6.45, 7) is 6.91. The quantitative estimate of drug-likeness (QED) is 0.648. The number of hydrogen-bond donors (Lipinski definition) is 1. The summed E-state index contributed by atoms with van der Waals surface area (Å²) in [4.78, 5) is 19.4. The molecule has 0 bridgehead atoms. The van der Waals surface area contributed by atoms with Crippen LogP contribution in [0.3, 0.4) is 0 Å². The normalized spacial score (nSPS) is 17.7. The molecule has 1 atom stereocenters. The Bertz CT molecular complexity index is 967. The van der Waals surface area contributed by atoms with Crippen molar-refractivity contribution in [2.45, 2.75) is 33.1 Å². The zero-order valence-electron chi connectivity index (χ0n) is 16.6. The minimum atomic E-state index is 0.0344. The van der Waals surface area contributed by atoms with Gasteiger partial charge in [-0.25, -0.2) is 4.98 Å². The SMILES string of the molecule is CCc1cc2sc(NC(=O)CN3CCCC(C)C3)nc2cc1-c1ccccc1. The van der Waals surface area contributed by atoms with Crippen LogP contribution >= 0.6 is 11.3 Å². The first kappa shape index (κ1) is 19.1. The van der Waals surface area contributed by atoms with Crippen molar-refractivity contribution in [3.8, 4) is 11.1 Å². The minimum Gasteiger partial charge on any atom is -0.301 e. The van der Waals surface area contributed by atoms with Gasteiger partial charge in [0.25, 0.3) is 0 Å². The van der Waals surface area contributed by atoms with Crippen LogP contribution in [0.1, 0.15) is 32.3 Å². The maximum Gasteiger partial charge on any atom is 0.240 e. The van der Waals surface area contributed by atoms with Crippen LogP contribution in [0.25, 0.3) is 21.3 Å². The molecule has 0 aliphatic carbocycles. The van der Waals surface area contributed by atoms with Crippen molar-refractivity contribution in [3.05, 3.63) is 48.0 Å². The lowest BCUT2D eigenvalue weighted by molar-refractivity contribution is -0.117. The monoisotopic (exact) mass is 393 g/mol. The Kier molecular flexibility index (Phi) is 5.74. The predicted octanol–water partition coefficient (Wildman–Crippen LogP) is 5.20. The Morgan fingerprint density at radius 3 is 2.86 bits per heavy atom. The van der Waals surface area contributed by atoms with Gasteiger partial charge in [-0.2, -0.15) is 0 Å². The number of fused-ring (bicyclic) bond motifs is 1. The smallest absolute Gasteiger partial charge is 0.240 e. The number of carbonyl (C=O) groups is 1. The highest BCUT2D eigenvalue weighted by Crippen LogP contribution is 2.33. The Labute approximate surface area is 170 Å². The van der Waals surface area contributed by atoms with Crippen molar-refractivity contribution >= 4 is 32.6 Å². The molecule has 1 fully saturated rings. The van der Waals surface area contributed by atoms with Gasteiger partial charge < -0.3 is 5.32 Å². The number of piperidine rings is 1. The minimum absolute atomic E-state index is 0.0344. The number of likely N-dealkylation sites (tertiary alicyclic amines) is 1. The summed E-state index contributed by atoms with van der Waals surface area (Å²) in [5.74, 6) is 0.708.